The van der Waals surface area contributed by atoms with Crippen molar-refractivity contribution in [2.45, 2.75) is 55.9 Å². The average molecular weight is 409 g/mol. The molecule has 1 aliphatic heterocycles. The zero-order chi connectivity index (χ0) is 20.1. The predicted octanol–water partition coefficient (Wildman–Crippen LogP) is 2.32. The first-order chi connectivity index (χ1) is 13.4. The van der Waals surface area contributed by atoms with Crippen LogP contribution in [-0.2, 0) is 19.6 Å². The van der Waals surface area contributed by atoms with Crippen molar-refractivity contribution in [1.29, 1.82) is 0 Å². The van der Waals surface area contributed by atoms with Gasteiger partial charge in [-0.1, -0.05) is 31.4 Å². The van der Waals surface area contributed by atoms with Crippen LogP contribution in [0.3, 0.4) is 0 Å². The van der Waals surface area contributed by atoms with Crippen LogP contribution in [-0.4, -0.2) is 50.8 Å². The molecule has 1 amide bonds. The van der Waals surface area contributed by atoms with E-state index in [1.165, 1.54) is 30.0 Å². The molecule has 1 aromatic rings. The minimum absolute atomic E-state index is 0.0298. The van der Waals surface area contributed by atoms with E-state index >= 15 is 0 Å². The van der Waals surface area contributed by atoms with Crippen molar-refractivity contribution in [1.82, 2.24) is 9.62 Å². The molecule has 2 fully saturated rings. The van der Waals surface area contributed by atoms with Gasteiger partial charge in [-0.2, -0.15) is 4.31 Å². The highest BCUT2D eigenvalue weighted by atomic mass is 32.2. The number of carbonyl (C=O) groups is 2. The van der Waals surface area contributed by atoms with Gasteiger partial charge in [-0.25, -0.2) is 13.2 Å². The van der Waals surface area contributed by atoms with E-state index in [0.29, 0.717) is 12.8 Å². The second-order valence-corrected chi connectivity index (χ2v) is 9.42. The van der Waals surface area contributed by atoms with Gasteiger partial charge in [0.2, 0.25) is 15.9 Å². The molecule has 1 N–H and O–H groups in total. The lowest BCUT2D eigenvalue weighted by Gasteiger charge is -2.32. The maximum Gasteiger partial charge on any atom is 0.339 e. The van der Waals surface area contributed by atoms with Crippen molar-refractivity contribution in [3.8, 4) is 0 Å². The molecule has 28 heavy (non-hydrogen) atoms. The Labute approximate surface area is 166 Å². The SMILES string of the molecule is COC(=O)c1ccccc1S(=O)(=O)N1CCC(C(=O)NC2CCCCC2)CC1. The van der Waals surface area contributed by atoms with Gasteiger partial charge >= 0.3 is 5.97 Å². The molecule has 1 heterocycles. The fourth-order valence-corrected chi connectivity index (χ4v) is 5.68. The average Bonchev–Trinajstić information content (AvgIpc) is 2.74. The van der Waals surface area contributed by atoms with Crippen molar-refractivity contribution in [2.75, 3.05) is 20.2 Å². The third-order valence-electron chi connectivity index (χ3n) is 5.69. The molecular weight excluding hydrogens is 380 g/mol. The number of hydrogen-bond acceptors (Lipinski definition) is 5. The molecule has 3 rings (SSSR count). The van der Waals surface area contributed by atoms with E-state index in [1.807, 2.05) is 0 Å². The molecule has 2 aliphatic rings. The number of sulfonamides is 1. The molecule has 154 valence electrons. The van der Waals surface area contributed by atoms with Gasteiger partial charge in [0.15, 0.2) is 0 Å². The maximum absolute atomic E-state index is 13.0. The first-order valence-electron chi connectivity index (χ1n) is 9.91. The minimum Gasteiger partial charge on any atom is -0.465 e. The molecule has 0 bridgehead atoms. The first-order valence-corrected chi connectivity index (χ1v) is 11.4. The lowest BCUT2D eigenvalue weighted by Crippen LogP contribution is -2.45. The number of benzene rings is 1. The van der Waals surface area contributed by atoms with E-state index in [9.17, 15) is 18.0 Å². The summed E-state index contributed by atoms with van der Waals surface area (Å²) >= 11 is 0. The monoisotopic (exact) mass is 408 g/mol. The van der Waals surface area contributed by atoms with Crippen LogP contribution < -0.4 is 5.32 Å². The predicted molar refractivity (Wildman–Crippen MR) is 104 cm³/mol. The van der Waals surface area contributed by atoms with Crippen LogP contribution in [0.2, 0.25) is 0 Å². The van der Waals surface area contributed by atoms with Crippen LogP contribution in [0.5, 0.6) is 0 Å². The Kier molecular flexibility index (Phi) is 6.72. The minimum atomic E-state index is -3.82. The number of amides is 1. The van der Waals surface area contributed by atoms with Gasteiger partial charge in [0.25, 0.3) is 0 Å². The summed E-state index contributed by atoms with van der Waals surface area (Å²) in [5.74, 6) is -0.802. The largest absolute Gasteiger partial charge is 0.465 e. The number of rotatable bonds is 5. The number of ether oxygens (including phenoxy) is 1. The summed E-state index contributed by atoms with van der Waals surface area (Å²) in [7, 11) is -2.60. The third-order valence-corrected chi connectivity index (χ3v) is 7.64. The number of piperidine rings is 1. The van der Waals surface area contributed by atoms with Gasteiger partial charge in [-0.05, 0) is 37.8 Å². The van der Waals surface area contributed by atoms with Crippen LogP contribution >= 0.6 is 0 Å². The summed E-state index contributed by atoms with van der Waals surface area (Å²) in [6, 6.07) is 6.32. The second-order valence-electron chi connectivity index (χ2n) is 7.51. The Morgan fingerprint density at radius 3 is 2.32 bits per heavy atom. The molecule has 0 spiro atoms. The normalized spacial score (nSPS) is 19.9. The molecule has 1 aliphatic carbocycles. The van der Waals surface area contributed by atoms with Gasteiger partial charge in [0.1, 0.15) is 0 Å². The molecule has 0 atom stereocenters. The number of nitrogens with zero attached hydrogens (tertiary/aromatic N) is 1. The highest BCUT2D eigenvalue weighted by Crippen LogP contribution is 2.27. The van der Waals surface area contributed by atoms with E-state index in [-0.39, 0.29) is 41.4 Å². The Bertz CT molecular complexity index is 810. The molecule has 8 heteroatoms. The summed E-state index contributed by atoms with van der Waals surface area (Å²) in [6.45, 7) is 0.529. The second kappa shape index (κ2) is 9.05. The number of methoxy groups -OCH3 is 1. The van der Waals surface area contributed by atoms with Gasteiger partial charge in [0.05, 0.1) is 17.6 Å². The van der Waals surface area contributed by atoms with Gasteiger partial charge < -0.3 is 10.1 Å². The zero-order valence-electron chi connectivity index (χ0n) is 16.2. The third kappa shape index (κ3) is 4.55. The van der Waals surface area contributed by atoms with E-state index < -0.39 is 16.0 Å². The summed E-state index contributed by atoms with van der Waals surface area (Å²) < 4.78 is 32.1. The molecule has 0 radical (unpaired) electrons. The van der Waals surface area contributed by atoms with Gasteiger partial charge in [-0.3, -0.25) is 4.79 Å². The fraction of sp³-hybridized carbons (Fsp3) is 0.600. The van der Waals surface area contributed by atoms with Crippen molar-refractivity contribution < 1.29 is 22.7 Å². The van der Waals surface area contributed by atoms with E-state index in [4.69, 9.17) is 4.74 Å². The number of esters is 1. The van der Waals surface area contributed by atoms with Crippen molar-refractivity contribution >= 4 is 21.9 Å². The Morgan fingerprint density at radius 2 is 1.68 bits per heavy atom. The maximum atomic E-state index is 13.0. The summed E-state index contributed by atoms with van der Waals surface area (Å²) in [4.78, 5) is 24.4. The Morgan fingerprint density at radius 1 is 1.04 bits per heavy atom. The molecule has 7 nitrogen and oxygen atoms in total. The lowest BCUT2D eigenvalue weighted by atomic mass is 9.93. The summed E-state index contributed by atoms with van der Waals surface area (Å²) in [5.41, 5.74) is 0.0298. The van der Waals surface area contributed by atoms with Crippen LogP contribution in [0.15, 0.2) is 29.2 Å². The topological polar surface area (TPSA) is 92.8 Å². The fourth-order valence-electron chi connectivity index (χ4n) is 4.03. The van der Waals surface area contributed by atoms with E-state index in [1.54, 1.807) is 12.1 Å². The standard InChI is InChI=1S/C20H28N2O5S/c1-27-20(24)17-9-5-6-10-18(17)28(25,26)22-13-11-15(12-14-22)19(23)21-16-7-3-2-4-8-16/h5-6,9-10,15-16H,2-4,7-8,11-14H2,1H3,(H,21,23). The van der Waals surface area contributed by atoms with Crippen LogP contribution in [0.1, 0.15) is 55.3 Å². The van der Waals surface area contributed by atoms with Gasteiger partial charge in [0, 0.05) is 25.0 Å². The highest BCUT2D eigenvalue weighted by molar-refractivity contribution is 7.89. The first kappa shape index (κ1) is 20.8. The number of hydrogen-bond donors (Lipinski definition) is 1. The highest BCUT2D eigenvalue weighted by Gasteiger charge is 2.34. The quantitative estimate of drug-likeness (QED) is 0.755. The summed E-state index contributed by atoms with van der Waals surface area (Å²) in [5, 5.41) is 3.14. The van der Waals surface area contributed by atoms with Crippen LogP contribution in [0.25, 0.3) is 0 Å². The Balaban J connectivity index is 1.64. The van der Waals surface area contributed by atoms with Crippen molar-refractivity contribution in [3.05, 3.63) is 29.8 Å². The zero-order valence-corrected chi connectivity index (χ0v) is 17.0. The molecule has 0 aromatic heterocycles. The number of carbonyl (C=O) groups excluding carboxylic acids is 2. The summed E-state index contributed by atoms with van der Waals surface area (Å²) in [6.07, 6.45) is 6.57. The van der Waals surface area contributed by atoms with Crippen LogP contribution in [0, 0.1) is 5.92 Å². The smallest absolute Gasteiger partial charge is 0.339 e. The van der Waals surface area contributed by atoms with Crippen molar-refractivity contribution in [2.24, 2.45) is 5.92 Å². The molecule has 1 saturated heterocycles. The number of nitrogens with one attached hydrogen (secondary N) is 1. The molecular formula is C20H28N2O5S. The molecule has 0 unspecified atom stereocenters. The van der Waals surface area contributed by atoms with E-state index in [0.717, 1.165) is 25.7 Å². The van der Waals surface area contributed by atoms with Crippen molar-refractivity contribution in [3.63, 3.8) is 0 Å². The van der Waals surface area contributed by atoms with E-state index in [2.05, 4.69) is 5.32 Å². The Hall–Kier alpha value is -1.93. The van der Waals surface area contributed by atoms with Gasteiger partial charge in [-0.15, -0.1) is 0 Å². The molecule has 1 aromatic carbocycles. The lowest BCUT2D eigenvalue weighted by molar-refractivity contribution is -0.127. The van der Waals surface area contributed by atoms with Crippen LogP contribution in [0.4, 0.5) is 0 Å². The molecule has 1 saturated carbocycles.